The third-order valence-electron chi connectivity index (χ3n) is 3.00. The summed E-state index contributed by atoms with van der Waals surface area (Å²) >= 11 is 0. The molecule has 0 aromatic carbocycles. The molecule has 2 N–H and O–H groups in total. The van der Waals surface area contributed by atoms with Gasteiger partial charge >= 0.3 is 0 Å². The lowest BCUT2D eigenvalue weighted by molar-refractivity contribution is 0.672. The number of rotatable bonds is 2. The van der Waals surface area contributed by atoms with Crippen LogP contribution in [0.5, 0.6) is 0 Å². The highest BCUT2D eigenvalue weighted by Gasteiger charge is 2.20. The molecule has 0 saturated heterocycles. The van der Waals surface area contributed by atoms with Crippen molar-refractivity contribution in [2.75, 3.05) is 0 Å². The normalized spacial score (nSPS) is 17.3. The second kappa shape index (κ2) is 3.49. The largest absolute Gasteiger partial charge is 0.285 e. The van der Waals surface area contributed by atoms with Gasteiger partial charge in [0.1, 0.15) is 5.82 Å². The Labute approximate surface area is 87.3 Å². The zero-order chi connectivity index (χ0) is 10.1. The first-order chi connectivity index (χ1) is 7.43. The maximum absolute atomic E-state index is 4.51. The highest BCUT2D eigenvalue weighted by molar-refractivity contribution is 5.51. The third kappa shape index (κ3) is 1.54. The van der Waals surface area contributed by atoms with Crippen molar-refractivity contribution in [3.63, 3.8) is 0 Å². The molecule has 0 amide bonds. The fraction of sp³-hybridized carbons (Fsp3) is 0.500. The van der Waals surface area contributed by atoms with Crippen molar-refractivity contribution in [3.8, 4) is 11.4 Å². The number of hydrogen-bond donors (Lipinski definition) is 2. The van der Waals surface area contributed by atoms with Crippen LogP contribution in [0.3, 0.4) is 0 Å². The summed E-state index contributed by atoms with van der Waals surface area (Å²) in [5, 5.41) is 13.9. The van der Waals surface area contributed by atoms with E-state index >= 15 is 0 Å². The molecule has 3 rings (SSSR count). The van der Waals surface area contributed by atoms with E-state index in [2.05, 4.69) is 25.4 Å². The highest BCUT2D eigenvalue weighted by atomic mass is 15.2. The van der Waals surface area contributed by atoms with E-state index in [1.807, 2.05) is 6.20 Å². The van der Waals surface area contributed by atoms with E-state index in [9.17, 15) is 0 Å². The van der Waals surface area contributed by atoms with Crippen LogP contribution in [0.15, 0.2) is 12.4 Å². The van der Waals surface area contributed by atoms with Gasteiger partial charge < -0.3 is 0 Å². The van der Waals surface area contributed by atoms with Crippen molar-refractivity contribution in [2.45, 2.75) is 31.6 Å². The second-order valence-electron chi connectivity index (χ2n) is 4.01. The maximum atomic E-state index is 4.51. The fourth-order valence-corrected chi connectivity index (χ4v) is 2.16. The summed E-state index contributed by atoms with van der Waals surface area (Å²) in [6.07, 6.45) is 8.64. The molecular formula is C10H13N5. The Morgan fingerprint density at radius 3 is 2.87 bits per heavy atom. The zero-order valence-corrected chi connectivity index (χ0v) is 8.40. The Bertz CT molecular complexity index is 424. The van der Waals surface area contributed by atoms with E-state index in [1.165, 1.54) is 25.7 Å². The Kier molecular flexibility index (Phi) is 2.01. The van der Waals surface area contributed by atoms with Gasteiger partial charge in [0.25, 0.3) is 0 Å². The minimum Gasteiger partial charge on any atom is -0.285 e. The van der Waals surface area contributed by atoms with Gasteiger partial charge in [-0.1, -0.05) is 12.8 Å². The van der Waals surface area contributed by atoms with Crippen LogP contribution in [0, 0.1) is 0 Å². The van der Waals surface area contributed by atoms with Crippen LogP contribution in [0.25, 0.3) is 11.4 Å². The first kappa shape index (κ1) is 8.64. The minimum absolute atomic E-state index is 0.582. The SMILES string of the molecule is c1n[nH]cc1-c1n[nH]c(C2CCCC2)n1. The van der Waals surface area contributed by atoms with Gasteiger partial charge in [0, 0.05) is 12.1 Å². The molecule has 0 aliphatic heterocycles. The molecule has 15 heavy (non-hydrogen) atoms. The number of aromatic nitrogens is 5. The summed E-state index contributed by atoms with van der Waals surface area (Å²) < 4.78 is 0. The van der Waals surface area contributed by atoms with Crippen molar-refractivity contribution in [3.05, 3.63) is 18.2 Å². The van der Waals surface area contributed by atoms with Crippen LogP contribution in [0.4, 0.5) is 0 Å². The molecular weight excluding hydrogens is 190 g/mol. The number of hydrogen-bond acceptors (Lipinski definition) is 3. The lowest BCUT2D eigenvalue weighted by Crippen LogP contribution is -1.94. The van der Waals surface area contributed by atoms with Crippen LogP contribution in [-0.2, 0) is 0 Å². The van der Waals surface area contributed by atoms with Gasteiger partial charge in [-0.05, 0) is 12.8 Å². The molecule has 1 aliphatic carbocycles. The molecule has 0 bridgehead atoms. The Hall–Kier alpha value is -1.65. The van der Waals surface area contributed by atoms with Crippen molar-refractivity contribution < 1.29 is 0 Å². The number of nitrogens with one attached hydrogen (secondary N) is 2. The molecule has 0 atom stereocenters. The van der Waals surface area contributed by atoms with Crippen molar-refractivity contribution in [1.29, 1.82) is 0 Å². The Balaban J connectivity index is 1.87. The Morgan fingerprint density at radius 2 is 2.13 bits per heavy atom. The van der Waals surface area contributed by atoms with E-state index in [4.69, 9.17) is 0 Å². The predicted octanol–water partition coefficient (Wildman–Crippen LogP) is 1.85. The molecule has 2 aromatic rings. The number of nitrogens with zero attached hydrogens (tertiary/aromatic N) is 3. The first-order valence-electron chi connectivity index (χ1n) is 5.35. The second-order valence-corrected chi connectivity index (χ2v) is 4.01. The zero-order valence-electron chi connectivity index (χ0n) is 8.40. The van der Waals surface area contributed by atoms with Gasteiger partial charge in [-0.25, -0.2) is 4.98 Å². The van der Waals surface area contributed by atoms with Crippen LogP contribution < -0.4 is 0 Å². The summed E-state index contributed by atoms with van der Waals surface area (Å²) in [6, 6.07) is 0. The molecule has 78 valence electrons. The maximum Gasteiger partial charge on any atom is 0.184 e. The molecule has 2 heterocycles. The summed E-state index contributed by atoms with van der Waals surface area (Å²) in [7, 11) is 0. The van der Waals surface area contributed by atoms with Gasteiger partial charge in [-0.3, -0.25) is 10.2 Å². The van der Waals surface area contributed by atoms with Gasteiger partial charge in [-0.2, -0.15) is 10.2 Å². The van der Waals surface area contributed by atoms with Crippen LogP contribution >= 0.6 is 0 Å². The molecule has 1 fully saturated rings. The van der Waals surface area contributed by atoms with E-state index in [0.717, 1.165) is 17.2 Å². The molecule has 0 unspecified atom stereocenters. The van der Waals surface area contributed by atoms with Crippen LogP contribution in [0.2, 0.25) is 0 Å². The van der Waals surface area contributed by atoms with Crippen molar-refractivity contribution in [1.82, 2.24) is 25.4 Å². The average Bonchev–Trinajstić information content (AvgIpc) is 3.02. The van der Waals surface area contributed by atoms with Gasteiger partial charge in [0.05, 0.1) is 11.8 Å². The van der Waals surface area contributed by atoms with E-state index < -0.39 is 0 Å². The highest BCUT2D eigenvalue weighted by Crippen LogP contribution is 2.32. The van der Waals surface area contributed by atoms with Crippen LogP contribution in [0.1, 0.15) is 37.4 Å². The lowest BCUT2D eigenvalue weighted by atomic mass is 10.1. The predicted molar refractivity (Wildman–Crippen MR) is 55.2 cm³/mol. The van der Waals surface area contributed by atoms with Crippen molar-refractivity contribution in [2.24, 2.45) is 0 Å². The molecule has 1 aliphatic rings. The quantitative estimate of drug-likeness (QED) is 0.782. The average molecular weight is 203 g/mol. The molecule has 5 nitrogen and oxygen atoms in total. The van der Waals surface area contributed by atoms with Gasteiger partial charge in [-0.15, -0.1) is 0 Å². The summed E-state index contributed by atoms with van der Waals surface area (Å²) in [6.45, 7) is 0. The molecule has 5 heteroatoms. The lowest BCUT2D eigenvalue weighted by Gasteiger charge is -2.01. The molecule has 1 saturated carbocycles. The van der Waals surface area contributed by atoms with E-state index in [0.29, 0.717) is 5.92 Å². The fourth-order valence-electron chi connectivity index (χ4n) is 2.16. The topological polar surface area (TPSA) is 70.2 Å². The summed E-state index contributed by atoms with van der Waals surface area (Å²) in [5.41, 5.74) is 0.940. The molecule has 0 spiro atoms. The third-order valence-corrected chi connectivity index (χ3v) is 3.00. The van der Waals surface area contributed by atoms with E-state index in [1.54, 1.807) is 6.20 Å². The minimum atomic E-state index is 0.582. The van der Waals surface area contributed by atoms with Crippen LogP contribution in [-0.4, -0.2) is 25.4 Å². The monoisotopic (exact) mass is 203 g/mol. The summed E-state index contributed by atoms with van der Waals surface area (Å²) in [5.74, 6) is 2.35. The molecule has 2 aromatic heterocycles. The van der Waals surface area contributed by atoms with Crippen molar-refractivity contribution >= 4 is 0 Å². The standard InChI is InChI=1S/C10H13N5/c1-2-4-7(3-1)9-13-10(15-14-9)8-5-11-12-6-8/h5-7H,1-4H2,(H,11,12)(H,13,14,15). The summed E-state index contributed by atoms with van der Waals surface area (Å²) in [4.78, 5) is 4.51. The van der Waals surface area contributed by atoms with Gasteiger partial charge in [0.2, 0.25) is 0 Å². The number of aromatic amines is 2. The molecule has 0 radical (unpaired) electrons. The van der Waals surface area contributed by atoms with Gasteiger partial charge in [0.15, 0.2) is 5.82 Å². The Morgan fingerprint density at radius 1 is 1.27 bits per heavy atom. The van der Waals surface area contributed by atoms with E-state index in [-0.39, 0.29) is 0 Å². The number of H-pyrrole nitrogens is 2. The smallest absolute Gasteiger partial charge is 0.184 e. The first-order valence-corrected chi connectivity index (χ1v) is 5.35.